The molecule has 7 nitrogen and oxygen atoms in total. The van der Waals surface area contributed by atoms with E-state index in [4.69, 9.17) is 10.2 Å². The molecule has 0 spiro atoms. The Hall–Kier alpha value is -2.16. The summed E-state index contributed by atoms with van der Waals surface area (Å²) >= 11 is 0. The smallest absolute Gasteiger partial charge is 0.254 e. The molecule has 140 valence electrons. The van der Waals surface area contributed by atoms with Crippen molar-refractivity contribution >= 4 is 15.9 Å². The lowest BCUT2D eigenvalue weighted by molar-refractivity contribution is 0.0923. The minimum absolute atomic E-state index is 0.00174. The van der Waals surface area contributed by atoms with Crippen LogP contribution in [0.2, 0.25) is 0 Å². The van der Waals surface area contributed by atoms with E-state index < -0.39 is 10.0 Å². The molecule has 0 radical (unpaired) electrons. The summed E-state index contributed by atoms with van der Waals surface area (Å²) in [6.45, 7) is 1.05. The first kappa shape index (κ1) is 18.6. The summed E-state index contributed by atoms with van der Waals surface area (Å²) in [5.41, 5.74) is 6.68. The fourth-order valence-electron chi connectivity index (χ4n) is 3.03. The van der Waals surface area contributed by atoms with Crippen molar-refractivity contribution in [2.45, 2.75) is 31.2 Å². The molecule has 26 heavy (non-hydrogen) atoms. The molecule has 0 aliphatic carbocycles. The number of furan rings is 1. The number of hydrogen-bond acceptors (Lipinski definition) is 5. The molecule has 2 heterocycles. The Morgan fingerprint density at radius 2 is 1.92 bits per heavy atom. The van der Waals surface area contributed by atoms with Gasteiger partial charge in [-0.15, -0.1) is 0 Å². The quantitative estimate of drug-likeness (QED) is 0.793. The number of carbonyl (C=O) groups is 1. The van der Waals surface area contributed by atoms with E-state index in [0.717, 1.165) is 5.56 Å². The number of nitrogens with one attached hydrogen (secondary N) is 1. The average Bonchev–Trinajstić information content (AvgIpc) is 3.12. The normalized spacial score (nSPS) is 16.5. The first-order chi connectivity index (χ1) is 12.5. The molecular formula is C18H23N3O4S. The fourth-order valence-corrected chi connectivity index (χ4v) is 4.59. The SMILES string of the molecule is NCc1cc(C(=O)NC2CCN(S(=O)(=O)Cc3ccccc3)CC2)co1. The second-order valence-corrected chi connectivity index (χ2v) is 8.36. The standard InChI is InChI=1S/C18H23N3O4S/c19-11-17-10-15(12-25-17)18(22)20-16-6-8-21(9-7-16)26(23,24)13-14-4-2-1-3-5-14/h1-5,10,12,16H,6-9,11,13,19H2,(H,20,22). The van der Waals surface area contributed by atoms with Gasteiger partial charge in [0.15, 0.2) is 0 Å². The third kappa shape index (κ3) is 4.51. The predicted molar refractivity (Wildman–Crippen MR) is 97.7 cm³/mol. The van der Waals surface area contributed by atoms with E-state index in [1.54, 1.807) is 6.07 Å². The van der Waals surface area contributed by atoms with Gasteiger partial charge in [-0.05, 0) is 24.5 Å². The van der Waals surface area contributed by atoms with Gasteiger partial charge in [0, 0.05) is 19.1 Å². The number of amides is 1. The van der Waals surface area contributed by atoms with Crippen molar-refractivity contribution in [3.05, 3.63) is 59.5 Å². The first-order valence-electron chi connectivity index (χ1n) is 8.58. The van der Waals surface area contributed by atoms with Crippen LogP contribution in [0.15, 0.2) is 47.1 Å². The van der Waals surface area contributed by atoms with Crippen molar-refractivity contribution in [3.8, 4) is 0 Å². The lowest BCUT2D eigenvalue weighted by Gasteiger charge is -2.31. The summed E-state index contributed by atoms with van der Waals surface area (Å²) in [7, 11) is -3.35. The van der Waals surface area contributed by atoms with Crippen molar-refractivity contribution in [3.63, 3.8) is 0 Å². The van der Waals surface area contributed by atoms with Crippen LogP contribution >= 0.6 is 0 Å². The van der Waals surface area contributed by atoms with E-state index in [-0.39, 0.29) is 24.2 Å². The minimum atomic E-state index is -3.35. The molecule has 1 saturated heterocycles. The van der Waals surface area contributed by atoms with E-state index in [9.17, 15) is 13.2 Å². The molecule has 1 fully saturated rings. The molecule has 1 aliphatic heterocycles. The van der Waals surface area contributed by atoms with Gasteiger partial charge in [-0.3, -0.25) is 4.79 Å². The van der Waals surface area contributed by atoms with Crippen LogP contribution in [0.25, 0.3) is 0 Å². The Kier molecular flexibility index (Phi) is 5.75. The van der Waals surface area contributed by atoms with Gasteiger partial charge in [0.1, 0.15) is 12.0 Å². The van der Waals surface area contributed by atoms with Crippen molar-refractivity contribution in [1.82, 2.24) is 9.62 Å². The van der Waals surface area contributed by atoms with Crippen molar-refractivity contribution in [2.75, 3.05) is 13.1 Å². The van der Waals surface area contributed by atoms with E-state index in [1.807, 2.05) is 30.3 Å². The zero-order valence-electron chi connectivity index (χ0n) is 14.4. The molecule has 3 N–H and O–H groups in total. The van der Waals surface area contributed by atoms with Crippen LogP contribution in [0.4, 0.5) is 0 Å². The van der Waals surface area contributed by atoms with Crippen LogP contribution in [-0.4, -0.2) is 37.8 Å². The second-order valence-electron chi connectivity index (χ2n) is 6.39. The molecule has 0 atom stereocenters. The zero-order chi connectivity index (χ0) is 18.6. The molecular weight excluding hydrogens is 354 g/mol. The predicted octanol–water partition coefficient (Wildman–Crippen LogP) is 1.46. The third-order valence-corrected chi connectivity index (χ3v) is 6.34. The Bertz CT molecular complexity index is 840. The number of nitrogens with two attached hydrogens (primary N) is 1. The van der Waals surface area contributed by atoms with Crippen molar-refractivity contribution in [2.24, 2.45) is 5.73 Å². The molecule has 1 amide bonds. The first-order valence-corrected chi connectivity index (χ1v) is 10.2. The maximum absolute atomic E-state index is 12.6. The molecule has 1 aromatic heterocycles. The third-order valence-electron chi connectivity index (χ3n) is 4.49. The van der Waals surface area contributed by atoms with Crippen LogP contribution in [0.5, 0.6) is 0 Å². The van der Waals surface area contributed by atoms with Gasteiger partial charge in [0.05, 0.1) is 17.9 Å². The highest BCUT2D eigenvalue weighted by atomic mass is 32.2. The number of hydrogen-bond donors (Lipinski definition) is 2. The molecule has 2 aromatic rings. The zero-order valence-corrected chi connectivity index (χ0v) is 15.2. The van der Waals surface area contributed by atoms with Gasteiger partial charge in [0.2, 0.25) is 10.0 Å². The summed E-state index contributed by atoms with van der Waals surface area (Å²) < 4.78 is 31.8. The van der Waals surface area contributed by atoms with Gasteiger partial charge in [-0.2, -0.15) is 0 Å². The van der Waals surface area contributed by atoms with E-state index in [0.29, 0.717) is 37.3 Å². The molecule has 0 unspecified atom stereocenters. The maximum Gasteiger partial charge on any atom is 0.254 e. The number of piperidine rings is 1. The summed E-state index contributed by atoms with van der Waals surface area (Å²) in [6, 6.07) is 10.7. The van der Waals surface area contributed by atoms with Gasteiger partial charge in [-0.1, -0.05) is 30.3 Å². The largest absolute Gasteiger partial charge is 0.467 e. The summed E-state index contributed by atoms with van der Waals surface area (Å²) in [5.74, 6) is 0.331. The molecule has 1 aromatic carbocycles. The Balaban J connectivity index is 1.53. The number of nitrogens with zero attached hydrogens (tertiary/aromatic N) is 1. The Morgan fingerprint density at radius 1 is 1.23 bits per heavy atom. The molecule has 0 saturated carbocycles. The number of rotatable bonds is 6. The lowest BCUT2D eigenvalue weighted by atomic mass is 10.1. The van der Waals surface area contributed by atoms with Crippen molar-refractivity contribution < 1.29 is 17.6 Å². The van der Waals surface area contributed by atoms with Crippen LogP contribution in [0, 0.1) is 0 Å². The van der Waals surface area contributed by atoms with Gasteiger partial charge >= 0.3 is 0 Å². The maximum atomic E-state index is 12.6. The van der Waals surface area contributed by atoms with Crippen molar-refractivity contribution in [1.29, 1.82) is 0 Å². The number of carbonyl (C=O) groups excluding carboxylic acids is 1. The van der Waals surface area contributed by atoms with Crippen LogP contribution in [0.3, 0.4) is 0 Å². The van der Waals surface area contributed by atoms with Crippen LogP contribution in [0.1, 0.15) is 34.5 Å². The van der Waals surface area contributed by atoms with Gasteiger partial charge in [-0.25, -0.2) is 12.7 Å². The highest BCUT2D eigenvalue weighted by molar-refractivity contribution is 7.88. The Labute approximate surface area is 153 Å². The monoisotopic (exact) mass is 377 g/mol. The minimum Gasteiger partial charge on any atom is -0.467 e. The summed E-state index contributed by atoms with van der Waals surface area (Å²) in [4.78, 5) is 12.2. The van der Waals surface area contributed by atoms with Crippen LogP contribution < -0.4 is 11.1 Å². The topological polar surface area (TPSA) is 106 Å². The van der Waals surface area contributed by atoms with E-state index >= 15 is 0 Å². The lowest BCUT2D eigenvalue weighted by Crippen LogP contribution is -2.46. The second kappa shape index (κ2) is 8.03. The Morgan fingerprint density at radius 3 is 2.54 bits per heavy atom. The summed E-state index contributed by atoms with van der Waals surface area (Å²) in [6.07, 6.45) is 2.56. The molecule has 0 bridgehead atoms. The molecule has 1 aliphatic rings. The van der Waals surface area contributed by atoms with E-state index in [1.165, 1.54) is 10.6 Å². The summed E-state index contributed by atoms with van der Waals surface area (Å²) in [5, 5.41) is 2.93. The van der Waals surface area contributed by atoms with Crippen LogP contribution in [-0.2, 0) is 22.3 Å². The number of benzene rings is 1. The highest BCUT2D eigenvalue weighted by Gasteiger charge is 2.29. The average molecular weight is 377 g/mol. The highest BCUT2D eigenvalue weighted by Crippen LogP contribution is 2.18. The molecule has 3 rings (SSSR count). The van der Waals surface area contributed by atoms with E-state index in [2.05, 4.69) is 5.32 Å². The van der Waals surface area contributed by atoms with Gasteiger partial charge in [0.25, 0.3) is 5.91 Å². The number of sulfonamides is 1. The fraction of sp³-hybridized carbons (Fsp3) is 0.389. The van der Waals surface area contributed by atoms with Gasteiger partial charge < -0.3 is 15.5 Å². The molecule has 8 heteroatoms.